The first-order chi connectivity index (χ1) is 10.0. The molecule has 2 radical (unpaired) electrons. The summed E-state index contributed by atoms with van der Waals surface area (Å²) in [7, 11) is 0. The van der Waals surface area contributed by atoms with Crippen molar-refractivity contribution >= 4 is 5.78 Å². The third-order valence-electron chi connectivity index (χ3n) is 6.54. The number of aromatic hydroxyl groups is 1. The van der Waals surface area contributed by atoms with Crippen molar-refractivity contribution < 1.29 is 103 Å². The van der Waals surface area contributed by atoms with Crippen molar-refractivity contribution in [2.75, 3.05) is 0 Å². The van der Waals surface area contributed by atoms with Gasteiger partial charge in [-0.2, -0.15) is 0 Å². The maximum Gasteiger partial charge on any atom is 0.163 e. The summed E-state index contributed by atoms with van der Waals surface area (Å²) in [6.45, 7) is 2.21. The van der Waals surface area contributed by atoms with Gasteiger partial charge in [-0.3, -0.25) is 4.79 Å². The fraction of sp³-hybridized carbons (Fsp3) is 0.611. The number of carbonyl (C=O) groups is 1. The molecule has 4 rings (SSSR count). The first kappa shape index (κ1) is 20.8. The van der Waals surface area contributed by atoms with Crippen molar-refractivity contribution in [2.24, 2.45) is 17.3 Å². The third-order valence-corrected chi connectivity index (χ3v) is 6.54. The molecule has 2 saturated carbocycles. The number of rotatable bonds is 0. The Hall–Kier alpha value is 1.53. The summed E-state index contributed by atoms with van der Waals surface area (Å²) in [5.41, 5.74) is 1.84. The Morgan fingerprint density at radius 2 is 1.91 bits per heavy atom. The van der Waals surface area contributed by atoms with Crippen LogP contribution in [0, 0.1) is 105 Å². The summed E-state index contributed by atoms with van der Waals surface area (Å²) < 4.78 is 0. The number of hydrogen-bond acceptors (Lipinski definition) is 3. The maximum atomic E-state index is 12.5. The predicted molar refractivity (Wildman–Crippen MR) is 79.4 cm³/mol. The van der Waals surface area contributed by atoms with Crippen LogP contribution in [0.3, 0.4) is 0 Å². The van der Waals surface area contributed by atoms with Crippen LogP contribution in [0.15, 0.2) is 18.2 Å². The van der Waals surface area contributed by atoms with Gasteiger partial charge in [0, 0.05) is 100 Å². The summed E-state index contributed by atoms with van der Waals surface area (Å²) >= 11 is 0. The second kappa shape index (κ2) is 7.65. The molecule has 0 bridgehead atoms. The number of aliphatic hydroxyl groups excluding tert-OH is 1. The standard InChI is InChI=1S/C18H22O3.2Ac/c1-18-7-6-12-11-3-2-10(19)8-14(11)16(20)9-13(12)15(18)4-5-17(18)21;;/h2-3,8,12-13,15,17,19,21H,4-7,9H2,1H3;;/t12?,13?,15?,17-,18-;;/m0../s1. The van der Waals surface area contributed by atoms with Gasteiger partial charge in [0.1, 0.15) is 5.75 Å². The van der Waals surface area contributed by atoms with E-state index in [9.17, 15) is 15.0 Å². The molecule has 23 heavy (non-hydrogen) atoms. The van der Waals surface area contributed by atoms with Crippen molar-refractivity contribution in [3.8, 4) is 5.75 Å². The number of Topliss-reactive ketones (excluding diaryl/α,β-unsaturated/α-hetero) is 1. The van der Waals surface area contributed by atoms with E-state index in [1.165, 1.54) is 0 Å². The molecule has 3 unspecified atom stereocenters. The maximum absolute atomic E-state index is 12.5. The van der Waals surface area contributed by atoms with Crippen LogP contribution in [0.1, 0.15) is 60.9 Å². The van der Waals surface area contributed by atoms with Gasteiger partial charge in [0.15, 0.2) is 5.78 Å². The number of aliphatic hydroxyl groups is 1. The van der Waals surface area contributed by atoms with Crippen LogP contribution in [0.25, 0.3) is 0 Å². The van der Waals surface area contributed by atoms with Crippen LogP contribution < -0.4 is 0 Å². The Labute approximate surface area is 209 Å². The van der Waals surface area contributed by atoms with Gasteiger partial charge in [-0.25, -0.2) is 0 Å². The molecule has 0 spiro atoms. The molecule has 2 N–H and O–H groups in total. The number of phenolic OH excluding ortho intramolecular Hbond substituents is 1. The monoisotopic (exact) mass is 740 g/mol. The first-order valence-electron chi connectivity index (χ1n) is 8.05. The molecule has 5 atom stereocenters. The van der Waals surface area contributed by atoms with Crippen LogP contribution >= 0.6 is 0 Å². The van der Waals surface area contributed by atoms with E-state index in [0.717, 1.165) is 36.8 Å². The van der Waals surface area contributed by atoms with Gasteiger partial charge in [-0.05, 0) is 66.5 Å². The largest absolute Gasteiger partial charge is 0.508 e. The van der Waals surface area contributed by atoms with E-state index >= 15 is 0 Å². The van der Waals surface area contributed by atoms with E-state index in [1.807, 2.05) is 6.07 Å². The topological polar surface area (TPSA) is 57.5 Å². The summed E-state index contributed by atoms with van der Waals surface area (Å²) in [5.74, 6) is 1.58. The predicted octanol–water partition coefficient (Wildman–Crippen LogP) is 3.25. The molecule has 3 aliphatic carbocycles. The van der Waals surface area contributed by atoms with Gasteiger partial charge in [-0.1, -0.05) is 13.0 Å². The van der Waals surface area contributed by atoms with E-state index in [4.69, 9.17) is 0 Å². The second-order valence-electron chi connectivity index (χ2n) is 7.41. The summed E-state index contributed by atoms with van der Waals surface area (Å²) in [6.07, 6.45) is 4.36. The molecule has 3 aliphatic rings. The number of carbonyl (C=O) groups excluding carboxylic acids is 1. The fourth-order valence-electron chi connectivity index (χ4n) is 5.36. The molecule has 2 fully saturated rings. The van der Waals surface area contributed by atoms with Gasteiger partial charge in [0.25, 0.3) is 0 Å². The molecule has 5 heteroatoms. The van der Waals surface area contributed by atoms with Crippen molar-refractivity contribution in [3.05, 3.63) is 29.3 Å². The number of phenols is 1. The van der Waals surface area contributed by atoms with Crippen LogP contribution in [0.4, 0.5) is 0 Å². The summed E-state index contributed by atoms with van der Waals surface area (Å²) in [6, 6.07) is 5.27. The minimum absolute atomic E-state index is 0. The second-order valence-corrected chi connectivity index (χ2v) is 7.41. The third kappa shape index (κ3) is 3.30. The summed E-state index contributed by atoms with van der Waals surface area (Å²) in [4.78, 5) is 12.5. The van der Waals surface area contributed by atoms with Gasteiger partial charge >= 0.3 is 0 Å². The van der Waals surface area contributed by atoms with E-state index in [1.54, 1.807) is 12.1 Å². The fourth-order valence-corrected chi connectivity index (χ4v) is 5.36. The molecule has 0 aliphatic heterocycles. The van der Waals surface area contributed by atoms with Crippen molar-refractivity contribution in [2.45, 2.75) is 51.0 Å². The van der Waals surface area contributed by atoms with Crippen molar-refractivity contribution in [1.82, 2.24) is 0 Å². The van der Waals surface area contributed by atoms with Crippen LogP contribution in [-0.2, 0) is 0 Å². The molecule has 0 aromatic heterocycles. The van der Waals surface area contributed by atoms with Crippen molar-refractivity contribution in [3.63, 3.8) is 0 Å². The summed E-state index contributed by atoms with van der Waals surface area (Å²) in [5, 5.41) is 20.0. The van der Waals surface area contributed by atoms with Gasteiger partial charge < -0.3 is 10.2 Å². The average molecular weight is 740 g/mol. The molecule has 0 amide bonds. The Morgan fingerprint density at radius 1 is 1.17 bits per heavy atom. The van der Waals surface area contributed by atoms with Crippen LogP contribution in [0.5, 0.6) is 5.75 Å². The SMILES string of the molecule is C[C@]12CCC3c4ccc(O)cc4C(=O)CC3C1CC[C@@H]2O.[Ac].[Ac]. The molecular weight excluding hydrogens is 718 g/mol. The van der Waals surface area contributed by atoms with Gasteiger partial charge in [0.05, 0.1) is 6.10 Å². The Kier molecular flexibility index (Phi) is 6.93. The molecule has 0 heterocycles. The number of ketones is 1. The zero-order valence-corrected chi connectivity index (χ0v) is 23.0. The molecule has 1 aromatic rings. The molecule has 118 valence electrons. The van der Waals surface area contributed by atoms with Crippen molar-refractivity contribution in [1.29, 1.82) is 0 Å². The van der Waals surface area contributed by atoms with Gasteiger partial charge in [0.2, 0.25) is 0 Å². The number of benzene rings is 1. The quantitative estimate of drug-likeness (QED) is 0.430. The van der Waals surface area contributed by atoms with Crippen LogP contribution in [0.2, 0.25) is 0 Å². The van der Waals surface area contributed by atoms with E-state index in [0.29, 0.717) is 24.2 Å². The van der Waals surface area contributed by atoms with E-state index in [2.05, 4.69) is 6.92 Å². The molecule has 0 saturated heterocycles. The molecule has 1 aromatic carbocycles. The normalized spacial score (nSPS) is 37.7. The first-order valence-corrected chi connectivity index (χ1v) is 8.05. The average Bonchev–Trinajstić information content (AvgIpc) is 2.76. The number of fused-ring (bicyclic) bond motifs is 5. The zero-order valence-electron chi connectivity index (χ0n) is 13.5. The Morgan fingerprint density at radius 3 is 2.65 bits per heavy atom. The Bertz CT molecular complexity index is 618. The number of hydrogen-bond donors (Lipinski definition) is 2. The Balaban J connectivity index is 0.000000960. The smallest absolute Gasteiger partial charge is 0.163 e. The van der Waals surface area contributed by atoms with E-state index in [-0.39, 0.29) is 111 Å². The van der Waals surface area contributed by atoms with E-state index < -0.39 is 0 Å². The van der Waals surface area contributed by atoms with Crippen LogP contribution in [-0.4, -0.2) is 22.1 Å². The minimum Gasteiger partial charge on any atom is -0.508 e. The molecular formula is C18H22Ac2O3. The van der Waals surface area contributed by atoms with Gasteiger partial charge in [-0.15, -0.1) is 0 Å². The zero-order chi connectivity index (χ0) is 14.8. The molecule has 3 nitrogen and oxygen atoms in total. The minimum atomic E-state index is -0.209.